The standard InChI is InChI=1S/6CN.Ce.Fe.K/c6*1-2;;;/q;;;;;;+3;-4;+1. The summed E-state index contributed by atoms with van der Waals surface area (Å²) in [4.78, 5) is 6.19. The van der Waals surface area contributed by atoms with Crippen LogP contribution in [0.2, 0.25) is 0 Å². The quantitative estimate of drug-likeness (QED) is 0.406. The monoisotopic (exact) mass is 391 g/mol. The second-order valence-electron chi connectivity index (χ2n) is 1.80. The van der Waals surface area contributed by atoms with Gasteiger partial charge in [-0.3, -0.25) is 0 Å². The van der Waals surface area contributed by atoms with Gasteiger partial charge >= 0.3 is 165 Å². The Hall–Kier alpha value is 0.472. The molecule has 0 rings (SSSR count). The Labute approximate surface area is 161 Å². The van der Waals surface area contributed by atoms with Crippen LogP contribution >= 0.6 is 0 Å². The second kappa shape index (κ2) is 5.70. The molecule has 0 unspecified atom stereocenters. The number of hydrogen-bond donors (Lipinski definition) is 0. The molecule has 0 N–H and O–H groups in total. The topological polar surface area (TPSA) is 143 Å². The molecule has 0 fully saturated rings. The van der Waals surface area contributed by atoms with Gasteiger partial charge in [0.15, 0.2) is 0 Å². The van der Waals surface area contributed by atoms with E-state index in [1.54, 1.807) is 0 Å². The molecule has 0 amide bonds. The van der Waals surface area contributed by atoms with Crippen LogP contribution in [0, 0.1) is 103 Å². The smallest absolute Gasteiger partial charge is 1.00 e. The summed E-state index contributed by atoms with van der Waals surface area (Å²) in [7, 11) is -6.17. The SMILES string of the molecule is N#[C][Fe-4]([C]#N)([C]#N)([C]#N)([C]#N)[C]#N.[Ce+3].[K+]. The maximum Gasteiger partial charge on any atom is 3.00 e. The zero-order valence-corrected chi connectivity index (χ0v) is 14.9. The van der Waals surface area contributed by atoms with Crippen molar-refractivity contribution < 1.29 is 104 Å². The van der Waals surface area contributed by atoms with E-state index in [0.29, 0.717) is 0 Å². The van der Waals surface area contributed by atoms with Crippen molar-refractivity contribution >= 4 is 0 Å². The predicted octanol–water partition coefficient (Wildman–Crippen LogP) is -2.90. The third kappa shape index (κ3) is 2.42. The Bertz CT molecular complexity index is 397. The molecule has 0 aromatic heterocycles. The van der Waals surface area contributed by atoms with Crippen molar-refractivity contribution in [3.63, 3.8) is 0 Å². The summed E-state index contributed by atoms with van der Waals surface area (Å²) in [5.74, 6) is 0. The molecular formula is C6CeFeKN6. The largest absolute Gasteiger partial charge is 3.00 e. The van der Waals surface area contributed by atoms with Gasteiger partial charge in [-0.2, -0.15) is 0 Å². The minimum Gasteiger partial charge on any atom is 1.00 e. The van der Waals surface area contributed by atoms with Gasteiger partial charge in [0.1, 0.15) is 0 Å². The van der Waals surface area contributed by atoms with Gasteiger partial charge in [-0.25, -0.2) is 0 Å². The first-order chi connectivity index (χ1) is 5.97. The van der Waals surface area contributed by atoms with E-state index in [0.717, 1.165) is 29.8 Å². The summed E-state index contributed by atoms with van der Waals surface area (Å²) >= 11 is 0. The molecule has 0 bridgehead atoms. The summed E-state index contributed by atoms with van der Waals surface area (Å²) in [6, 6.07) is 0. The normalized spacial score (nSPS) is 11.6. The van der Waals surface area contributed by atoms with Crippen LogP contribution in [0.5, 0.6) is 0 Å². The molecule has 0 heterocycles. The van der Waals surface area contributed by atoms with Gasteiger partial charge in [0, 0.05) is 0 Å². The van der Waals surface area contributed by atoms with E-state index in [9.17, 15) is 0 Å². The van der Waals surface area contributed by atoms with Crippen LogP contribution in [0.15, 0.2) is 0 Å². The molecule has 0 saturated carbocycles. The van der Waals surface area contributed by atoms with Gasteiger partial charge < -0.3 is 0 Å². The maximum atomic E-state index is 8.58. The average Bonchev–Trinajstić information content (AvgIpc) is 2.26. The van der Waals surface area contributed by atoms with Crippen LogP contribution in [-0.4, -0.2) is 0 Å². The molecule has 0 saturated heterocycles. The molecule has 0 atom stereocenters. The van der Waals surface area contributed by atoms with Crippen LogP contribution in [0.4, 0.5) is 0 Å². The predicted molar refractivity (Wildman–Crippen MR) is 33.7 cm³/mol. The second-order valence-corrected chi connectivity index (χ2v) is 7.42. The third-order valence-corrected chi connectivity index (χ3v) is 4.89. The van der Waals surface area contributed by atoms with Gasteiger partial charge in [0.2, 0.25) is 0 Å². The fourth-order valence-electron chi connectivity index (χ4n) is 0.265. The minimum absolute atomic E-state index is 0. The molecule has 0 spiro atoms. The van der Waals surface area contributed by atoms with Crippen LogP contribution in [-0.2, 0) is 10.7 Å². The Balaban J connectivity index is -0.000000720. The minimum atomic E-state index is -6.17. The summed E-state index contributed by atoms with van der Waals surface area (Å²) in [6.07, 6.45) is 0. The van der Waals surface area contributed by atoms with Crippen molar-refractivity contribution in [1.29, 1.82) is 31.6 Å². The zero-order valence-electron chi connectivity index (χ0n) is 7.54. The molecule has 67 valence electrons. The molecule has 9 heteroatoms. The first kappa shape index (κ1) is 20.8. The van der Waals surface area contributed by atoms with E-state index in [-0.39, 0.29) is 93.1 Å². The molecule has 0 aliphatic rings. The van der Waals surface area contributed by atoms with Gasteiger partial charge in [-0.1, -0.05) is 0 Å². The summed E-state index contributed by atoms with van der Waals surface area (Å²) < 4.78 is 0. The molecular weight excluding hydrogens is 391 g/mol. The summed E-state index contributed by atoms with van der Waals surface area (Å²) in [6.45, 7) is 0. The number of hydrogen-bond acceptors (Lipinski definition) is 6. The molecule has 0 aliphatic heterocycles. The van der Waals surface area contributed by atoms with E-state index in [1.165, 1.54) is 0 Å². The van der Waals surface area contributed by atoms with Crippen molar-refractivity contribution in [3.8, 4) is 29.8 Å². The molecule has 0 aromatic rings. The van der Waals surface area contributed by atoms with E-state index >= 15 is 0 Å². The first-order valence-electron chi connectivity index (χ1n) is 2.40. The average molecular weight is 391 g/mol. The Morgan fingerprint density at radius 2 is 0.667 bits per heavy atom. The van der Waals surface area contributed by atoms with Gasteiger partial charge in [-0.15, -0.1) is 0 Å². The van der Waals surface area contributed by atoms with Crippen molar-refractivity contribution in [1.82, 2.24) is 0 Å². The molecule has 6 nitrogen and oxygen atoms in total. The van der Waals surface area contributed by atoms with Crippen LogP contribution in [0.3, 0.4) is 0 Å². The Morgan fingerprint density at radius 1 is 0.533 bits per heavy atom. The molecule has 1 radical (unpaired) electrons. The van der Waals surface area contributed by atoms with Crippen molar-refractivity contribution in [2.24, 2.45) is 0 Å². The number of nitriles is 6. The van der Waals surface area contributed by atoms with Crippen LogP contribution in [0.1, 0.15) is 0 Å². The van der Waals surface area contributed by atoms with E-state index < -0.39 is 10.7 Å². The molecule has 0 aliphatic carbocycles. The van der Waals surface area contributed by atoms with Crippen molar-refractivity contribution in [3.05, 3.63) is 0 Å². The van der Waals surface area contributed by atoms with E-state index in [4.69, 9.17) is 31.6 Å². The Morgan fingerprint density at radius 3 is 0.667 bits per heavy atom. The van der Waals surface area contributed by atoms with Crippen molar-refractivity contribution in [2.75, 3.05) is 0 Å². The van der Waals surface area contributed by atoms with Crippen LogP contribution < -0.4 is 51.4 Å². The van der Waals surface area contributed by atoms with E-state index in [2.05, 4.69) is 0 Å². The summed E-state index contributed by atoms with van der Waals surface area (Å²) in [5.41, 5.74) is 0. The Kier molecular flexibility index (Phi) is 7.91. The first-order valence-corrected chi connectivity index (χ1v) is 5.71. The van der Waals surface area contributed by atoms with Gasteiger partial charge in [0.25, 0.3) is 0 Å². The van der Waals surface area contributed by atoms with Crippen molar-refractivity contribution in [2.45, 2.75) is 0 Å². The van der Waals surface area contributed by atoms with Gasteiger partial charge in [-0.05, 0) is 0 Å². The zero-order chi connectivity index (χ0) is 10.7. The maximum absolute atomic E-state index is 8.58. The molecule has 15 heavy (non-hydrogen) atoms. The van der Waals surface area contributed by atoms with E-state index in [1.807, 2.05) is 0 Å². The van der Waals surface area contributed by atoms with Gasteiger partial charge in [0.05, 0.1) is 0 Å². The fraction of sp³-hybridized carbons (Fsp3) is 0. The number of nitrogens with zero attached hydrogens (tertiary/aromatic N) is 6. The molecule has 0 aromatic carbocycles. The fourth-order valence-corrected chi connectivity index (χ4v) is 1.09. The number of rotatable bonds is 0. The van der Waals surface area contributed by atoms with Crippen LogP contribution in [0.25, 0.3) is 0 Å². The summed E-state index contributed by atoms with van der Waals surface area (Å²) in [5, 5.41) is 51.5. The third-order valence-electron chi connectivity index (χ3n) is 1.19.